The van der Waals surface area contributed by atoms with Gasteiger partial charge in [-0.05, 0) is 18.4 Å². The monoisotopic (exact) mass is 1180 g/mol. The average Bonchev–Trinajstić information content (AvgIpc) is 3.25. The molecular formula is C41H62I2N4O14S2Si. The molecule has 0 saturated carbocycles. The Morgan fingerprint density at radius 2 is 1.09 bits per heavy atom. The molecule has 4 amide bonds. The Morgan fingerprint density at radius 1 is 0.703 bits per heavy atom. The number of fused-ring (bicyclic) bond motifs is 2. The number of esters is 3. The molecule has 4 aliphatic heterocycles. The minimum absolute atomic E-state index is 0.0253. The summed E-state index contributed by atoms with van der Waals surface area (Å²) in [5.41, 5.74) is 1.02. The van der Waals surface area contributed by atoms with E-state index in [0.717, 1.165) is 18.4 Å². The van der Waals surface area contributed by atoms with Crippen molar-refractivity contribution in [2.75, 3.05) is 88.6 Å². The molecule has 2 N–H and O–H groups in total. The van der Waals surface area contributed by atoms with Gasteiger partial charge >= 0.3 is 17.9 Å². The van der Waals surface area contributed by atoms with Crippen molar-refractivity contribution in [2.24, 2.45) is 0 Å². The van der Waals surface area contributed by atoms with E-state index in [-0.39, 0.29) is 62.5 Å². The van der Waals surface area contributed by atoms with Crippen LogP contribution in [-0.4, -0.2) is 168 Å². The Hall–Kier alpha value is -2.53. The molecule has 0 aromatic rings. The molecule has 4 aliphatic rings. The van der Waals surface area contributed by atoms with Crippen molar-refractivity contribution in [2.45, 2.75) is 76.1 Å². The maximum atomic E-state index is 12.7. The Bertz CT molecular complexity index is 1710. The highest BCUT2D eigenvalue weighted by atomic mass is 127. The number of carbonyl (C=O) groups excluding carboxylic acids is 7. The van der Waals surface area contributed by atoms with E-state index >= 15 is 0 Å². The molecule has 4 atom stereocenters. The SMILES string of the molecule is C=CCOC(=O)C1=C(CI)CSC2[C@H](NC(=O)COCCOCCC)C(=O)N12.C=CCOC(=O)C1=C(COC(C)=O)CSC2[C@H](NC(=O)COCCOCCC)C(=O)N12.C[Si](C)(C)I. The number of thioether (sulfide) groups is 2. The number of ether oxygens (including phenoxy) is 7. The number of halogens is 2. The van der Waals surface area contributed by atoms with Crippen molar-refractivity contribution >= 4 is 115 Å². The first-order valence-corrected chi connectivity index (χ1v) is 30.9. The summed E-state index contributed by atoms with van der Waals surface area (Å²) in [6.45, 7) is 21.5. The van der Waals surface area contributed by atoms with Gasteiger partial charge in [-0.25, -0.2) is 9.59 Å². The molecule has 0 bridgehead atoms. The van der Waals surface area contributed by atoms with Crippen LogP contribution >= 0.6 is 67.9 Å². The minimum atomic E-state index is -0.782. The van der Waals surface area contributed by atoms with Crippen molar-refractivity contribution in [1.82, 2.24) is 20.4 Å². The van der Waals surface area contributed by atoms with Crippen LogP contribution in [0.5, 0.6) is 0 Å². The van der Waals surface area contributed by atoms with Crippen LogP contribution in [0.1, 0.15) is 33.6 Å². The molecule has 4 rings (SSSR count). The maximum absolute atomic E-state index is 12.7. The molecular weight excluding hydrogens is 1120 g/mol. The molecule has 2 fully saturated rings. The van der Waals surface area contributed by atoms with Crippen LogP contribution in [0.3, 0.4) is 0 Å². The highest BCUT2D eigenvalue weighted by Crippen LogP contribution is 2.42. The third kappa shape index (κ3) is 19.4. The summed E-state index contributed by atoms with van der Waals surface area (Å²) in [6, 6.07) is -1.45. The van der Waals surface area contributed by atoms with Crippen LogP contribution < -0.4 is 10.6 Å². The topological polar surface area (TPSA) is 215 Å². The van der Waals surface area contributed by atoms with Crippen molar-refractivity contribution in [3.63, 3.8) is 0 Å². The summed E-state index contributed by atoms with van der Waals surface area (Å²) in [6.07, 6.45) is 4.72. The van der Waals surface area contributed by atoms with Crippen molar-refractivity contribution in [3.05, 3.63) is 47.9 Å². The summed E-state index contributed by atoms with van der Waals surface area (Å²) < 4.78 is 36.9. The van der Waals surface area contributed by atoms with Crippen LogP contribution in [0.15, 0.2) is 47.9 Å². The second-order valence-electron chi connectivity index (χ2n) is 14.9. The normalized spacial score (nSPS) is 19.8. The van der Waals surface area contributed by atoms with Gasteiger partial charge in [-0.3, -0.25) is 33.8 Å². The fourth-order valence-corrected chi connectivity index (χ4v) is 9.31. The molecule has 2 saturated heterocycles. The zero-order valence-corrected chi connectivity index (χ0v) is 44.3. The van der Waals surface area contributed by atoms with E-state index in [2.05, 4.69) is 87.8 Å². The molecule has 64 heavy (non-hydrogen) atoms. The van der Waals surface area contributed by atoms with E-state index in [1.165, 1.54) is 52.4 Å². The van der Waals surface area contributed by atoms with Gasteiger partial charge in [0.2, 0.25) is 11.8 Å². The van der Waals surface area contributed by atoms with Gasteiger partial charge in [0.25, 0.3) is 11.8 Å². The standard InChI is InChI=1S/C20H28N2O8S.C18H25IN2O6S.C3H9ISi/c1-4-6-27-8-9-28-11-15(24)21-16-18(25)22-17(20(26)29-7-5-2)14(10-30-13(3)23)12-31-19(16)22;1-3-5-25-7-8-26-10-13(22)20-14-16(23)21-15(18(24)27-6-4-2)12(9-19)11-28-17(14)21;1-5(2,3)4/h5,16,19H,2,4,6-12H2,1,3H3,(H,21,24);4,14,17H,2-3,5-11H2,1H3,(H,20,22);1-3H3/t16-,19?;14-,17?;/m11./s1. The summed E-state index contributed by atoms with van der Waals surface area (Å²) >= 11 is 7.56. The number of hydrogen-bond acceptors (Lipinski definition) is 16. The van der Waals surface area contributed by atoms with E-state index in [9.17, 15) is 33.6 Å². The maximum Gasteiger partial charge on any atom is 0.355 e. The number of nitrogens with one attached hydrogen (secondary N) is 2. The number of carbonyl (C=O) groups is 7. The van der Waals surface area contributed by atoms with Gasteiger partial charge in [-0.2, -0.15) is 0 Å². The van der Waals surface area contributed by atoms with Gasteiger partial charge in [-0.1, -0.05) is 81.4 Å². The quantitative estimate of drug-likeness (QED) is 0.0153. The number of β-lactam (4-membered cyclic amide) rings is 2. The fourth-order valence-electron chi connectivity index (χ4n) is 5.64. The molecule has 0 spiro atoms. The van der Waals surface area contributed by atoms with Gasteiger partial charge in [-0.15, -0.1) is 45.3 Å². The predicted molar refractivity (Wildman–Crippen MR) is 263 cm³/mol. The average molecular weight is 1180 g/mol. The lowest BCUT2D eigenvalue weighted by Gasteiger charge is -2.49. The molecule has 0 aromatic heterocycles. The fraction of sp³-hybridized carbons (Fsp3) is 0.634. The number of rotatable bonds is 25. The van der Waals surface area contributed by atoms with Crippen LogP contribution in [0, 0.1) is 0 Å². The van der Waals surface area contributed by atoms with Crippen molar-refractivity contribution in [1.29, 1.82) is 0 Å². The molecule has 23 heteroatoms. The largest absolute Gasteiger partial charge is 0.461 e. The summed E-state index contributed by atoms with van der Waals surface area (Å²) in [5.74, 6) is -2.35. The Balaban J connectivity index is 0.000000399. The lowest BCUT2D eigenvalue weighted by Crippen LogP contribution is -2.71. The van der Waals surface area contributed by atoms with Crippen LogP contribution in [-0.2, 0) is 66.7 Å². The number of amides is 4. The highest BCUT2D eigenvalue weighted by Gasteiger charge is 2.55. The number of alkyl halides is 1. The summed E-state index contributed by atoms with van der Waals surface area (Å²) in [5, 5.41) is 4.56. The zero-order valence-electron chi connectivity index (χ0n) is 37.4. The first-order valence-electron chi connectivity index (χ1n) is 20.6. The third-order valence-corrected chi connectivity index (χ3v) is 11.9. The number of hydrogen-bond donors (Lipinski definition) is 2. The van der Waals surface area contributed by atoms with Crippen LogP contribution in [0.2, 0.25) is 19.6 Å². The molecule has 18 nitrogen and oxygen atoms in total. The predicted octanol–water partition coefficient (Wildman–Crippen LogP) is 3.88. The van der Waals surface area contributed by atoms with Crippen molar-refractivity contribution in [3.8, 4) is 0 Å². The van der Waals surface area contributed by atoms with Crippen LogP contribution in [0.4, 0.5) is 0 Å². The van der Waals surface area contributed by atoms with Crippen molar-refractivity contribution < 1.29 is 66.7 Å². The van der Waals surface area contributed by atoms with Crippen LogP contribution in [0.25, 0.3) is 0 Å². The van der Waals surface area contributed by atoms with E-state index in [0.29, 0.717) is 60.2 Å². The Labute approximate surface area is 411 Å². The third-order valence-electron chi connectivity index (χ3n) is 8.30. The number of nitrogens with zero attached hydrogens (tertiary/aromatic N) is 2. The molecule has 0 aromatic carbocycles. The smallest absolute Gasteiger partial charge is 0.355 e. The lowest BCUT2D eigenvalue weighted by atomic mass is 10.0. The highest BCUT2D eigenvalue weighted by molar-refractivity contribution is 14.1. The Kier molecular flexibility index (Phi) is 27.6. The second kappa shape index (κ2) is 30.7. The lowest BCUT2D eigenvalue weighted by molar-refractivity contribution is -0.153. The van der Waals surface area contributed by atoms with E-state index in [4.69, 9.17) is 33.2 Å². The van der Waals surface area contributed by atoms with E-state index < -0.39 is 52.8 Å². The Morgan fingerprint density at radius 3 is 1.47 bits per heavy atom. The molecule has 4 heterocycles. The minimum Gasteiger partial charge on any atom is -0.461 e. The van der Waals surface area contributed by atoms with E-state index in [1.54, 1.807) is 0 Å². The van der Waals surface area contributed by atoms with Gasteiger partial charge < -0.3 is 43.8 Å². The van der Waals surface area contributed by atoms with Gasteiger partial charge in [0.05, 0.1) is 26.4 Å². The van der Waals surface area contributed by atoms with Gasteiger partial charge in [0, 0.05) is 41.6 Å². The molecule has 360 valence electrons. The van der Waals surface area contributed by atoms with Gasteiger partial charge in [0.15, 0.2) is 0 Å². The zero-order chi connectivity index (χ0) is 47.8. The van der Waals surface area contributed by atoms with Gasteiger partial charge in [0.1, 0.15) is 72.8 Å². The first kappa shape index (κ1) is 57.6. The first-order chi connectivity index (χ1) is 30.4. The molecule has 0 radical (unpaired) electrons. The van der Waals surface area contributed by atoms with E-state index in [1.807, 2.05) is 13.8 Å². The molecule has 2 unspecified atom stereocenters. The molecule has 0 aliphatic carbocycles. The second-order valence-corrected chi connectivity index (χ2v) is 31.7. The summed E-state index contributed by atoms with van der Waals surface area (Å²) in [4.78, 5) is 88.3. The summed E-state index contributed by atoms with van der Waals surface area (Å²) in [7, 11) is 0.